The largest absolute Gasteiger partial charge is 1.00 e. The topological polar surface area (TPSA) is 196 Å². The molecule has 1 amide bonds. The van der Waals surface area contributed by atoms with Crippen LogP contribution in [0.4, 0.5) is 0 Å². The number of hydrogen-bond donors (Lipinski definition) is 2. The third-order valence-corrected chi connectivity index (χ3v) is 11.6. The molecule has 0 spiro atoms. The number of phosphoric acid groups is 1. The van der Waals surface area contributed by atoms with Crippen molar-refractivity contribution in [2.75, 3.05) is 52.8 Å². The normalized spacial score (nSPS) is 12.6. The molecule has 2 atom stereocenters. The van der Waals surface area contributed by atoms with E-state index in [4.69, 9.17) is 33.1 Å². The maximum atomic E-state index is 12.7. The molecule has 0 heterocycles. The first-order valence-corrected chi connectivity index (χ1v) is 26.1. The average Bonchev–Trinajstić information content (AvgIpc) is 3.24. The van der Waals surface area contributed by atoms with Gasteiger partial charge < -0.3 is 43.3 Å². The van der Waals surface area contributed by atoms with Crippen LogP contribution < -0.4 is 39.8 Å². The molecule has 16 heteroatoms. The Labute approximate surface area is 404 Å². The molecular formula is C47H89NNaO13P. The Hall–Kier alpha value is -1.09. The van der Waals surface area contributed by atoms with Crippen LogP contribution in [0.15, 0.2) is 0 Å². The minimum Gasteiger partial charge on any atom is -0.756 e. The fraction of sp³-hybridized carbons (Fsp3) is 0.915. The zero-order valence-corrected chi connectivity index (χ0v) is 43.0. The van der Waals surface area contributed by atoms with Crippen LogP contribution in [-0.2, 0) is 51.7 Å². The Morgan fingerprint density at radius 2 is 0.905 bits per heavy atom. The Balaban J connectivity index is 0. The summed E-state index contributed by atoms with van der Waals surface area (Å²) in [7, 11) is -4.87. The zero-order valence-electron chi connectivity index (χ0n) is 40.2. The van der Waals surface area contributed by atoms with Crippen LogP contribution in [0.3, 0.4) is 0 Å². The van der Waals surface area contributed by atoms with Gasteiger partial charge in [-0.2, -0.15) is 0 Å². The number of carbonyl (C=O) groups excluding carboxylic acids is 3. The number of aliphatic carboxylic acids is 1. The van der Waals surface area contributed by atoms with Crippen molar-refractivity contribution < 1.29 is 91.3 Å². The Morgan fingerprint density at radius 1 is 0.524 bits per heavy atom. The molecule has 366 valence electrons. The number of hydrogen-bond acceptors (Lipinski definition) is 12. The van der Waals surface area contributed by atoms with Gasteiger partial charge >= 0.3 is 47.5 Å². The summed E-state index contributed by atoms with van der Waals surface area (Å²) in [6.45, 7) is 2.14. The molecule has 0 radical (unpaired) electrons. The Kier molecular flexibility index (Phi) is 49.6. The molecule has 14 nitrogen and oxygen atoms in total. The molecule has 0 rings (SSSR count). The number of carboxylic acid groups (broad SMARTS) is 1. The first kappa shape index (κ1) is 64.0. The molecular weight excluding hydrogens is 840 g/mol. The van der Waals surface area contributed by atoms with Crippen molar-refractivity contribution in [2.24, 2.45) is 0 Å². The predicted octanol–water partition coefficient (Wildman–Crippen LogP) is 7.70. The van der Waals surface area contributed by atoms with E-state index < -0.39 is 57.6 Å². The molecule has 0 aliphatic rings. The summed E-state index contributed by atoms with van der Waals surface area (Å²) in [4.78, 5) is 60.1. The van der Waals surface area contributed by atoms with Gasteiger partial charge in [-0.1, -0.05) is 194 Å². The summed E-state index contributed by atoms with van der Waals surface area (Å²) in [5.74, 6) is -2.63. The summed E-state index contributed by atoms with van der Waals surface area (Å²) in [5.41, 5.74) is 0. The molecule has 0 bridgehead atoms. The van der Waals surface area contributed by atoms with Crippen molar-refractivity contribution in [2.45, 2.75) is 225 Å². The van der Waals surface area contributed by atoms with Gasteiger partial charge in [-0.3, -0.25) is 18.9 Å². The van der Waals surface area contributed by atoms with E-state index in [0.29, 0.717) is 12.8 Å². The SMILES string of the molecule is CCCCCCCCCCCCCCCCCC(=O)OCC(COP(=O)([O-])OCCNC(=O)COCCOCC(=O)O)OC(=O)CCCCCCCCCCCCCCCCC.[Na+]. The molecule has 63 heavy (non-hydrogen) atoms. The van der Waals surface area contributed by atoms with E-state index in [1.54, 1.807) is 0 Å². The van der Waals surface area contributed by atoms with Gasteiger partial charge in [0.15, 0.2) is 6.10 Å². The van der Waals surface area contributed by atoms with Crippen molar-refractivity contribution >= 4 is 31.6 Å². The average molecular weight is 930 g/mol. The monoisotopic (exact) mass is 930 g/mol. The maximum absolute atomic E-state index is 12.7. The van der Waals surface area contributed by atoms with E-state index >= 15 is 0 Å². The number of amides is 1. The fourth-order valence-electron chi connectivity index (χ4n) is 6.95. The smallest absolute Gasteiger partial charge is 0.756 e. The molecule has 2 N–H and O–H groups in total. The minimum atomic E-state index is -4.87. The van der Waals surface area contributed by atoms with Crippen molar-refractivity contribution in [1.82, 2.24) is 5.32 Å². The number of phosphoric ester groups is 1. The van der Waals surface area contributed by atoms with Crippen LogP contribution in [0.25, 0.3) is 0 Å². The van der Waals surface area contributed by atoms with Crippen LogP contribution in [0.1, 0.15) is 219 Å². The van der Waals surface area contributed by atoms with Crippen LogP contribution in [0, 0.1) is 0 Å². The maximum Gasteiger partial charge on any atom is 1.00 e. The van der Waals surface area contributed by atoms with Gasteiger partial charge in [0.1, 0.15) is 19.8 Å². The molecule has 2 unspecified atom stereocenters. The predicted molar refractivity (Wildman–Crippen MR) is 242 cm³/mol. The van der Waals surface area contributed by atoms with Gasteiger partial charge in [-0.15, -0.1) is 0 Å². The number of unbranched alkanes of at least 4 members (excludes halogenated alkanes) is 28. The molecule has 0 aliphatic heterocycles. The van der Waals surface area contributed by atoms with E-state index in [-0.39, 0.29) is 75.4 Å². The zero-order chi connectivity index (χ0) is 45.6. The number of ether oxygens (including phenoxy) is 4. The first-order chi connectivity index (χ1) is 30.1. The third kappa shape index (κ3) is 50.2. The Bertz CT molecular complexity index is 1120. The van der Waals surface area contributed by atoms with E-state index in [2.05, 4.69) is 19.2 Å². The molecule has 0 aromatic carbocycles. The van der Waals surface area contributed by atoms with E-state index in [1.165, 1.54) is 141 Å². The number of rotatable bonds is 49. The van der Waals surface area contributed by atoms with Gasteiger partial charge in [-0.05, 0) is 12.8 Å². The van der Waals surface area contributed by atoms with Gasteiger partial charge in [0.2, 0.25) is 5.91 Å². The van der Waals surface area contributed by atoms with Crippen LogP contribution >= 0.6 is 7.82 Å². The molecule has 0 aliphatic carbocycles. The van der Waals surface area contributed by atoms with Crippen LogP contribution in [-0.4, -0.2) is 87.8 Å². The first-order valence-electron chi connectivity index (χ1n) is 24.7. The molecule has 0 saturated carbocycles. The summed E-state index contributed by atoms with van der Waals surface area (Å²) in [6, 6.07) is 0. The molecule has 0 aromatic heterocycles. The minimum absolute atomic E-state index is 0. The molecule has 0 fully saturated rings. The van der Waals surface area contributed by atoms with E-state index in [1.807, 2.05) is 0 Å². The third-order valence-electron chi connectivity index (χ3n) is 10.6. The van der Waals surface area contributed by atoms with Crippen molar-refractivity contribution in [3.8, 4) is 0 Å². The second kappa shape index (κ2) is 48.8. The second-order valence-electron chi connectivity index (χ2n) is 16.6. The summed E-state index contributed by atoms with van der Waals surface area (Å²) in [5, 5.41) is 11.0. The second-order valence-corrected chi connectivity index (χ2v) is 18.0. The number of nitrogens with one attached hydrogen (secondary N) is 1. The molecule has 0 aromatic rings. The van der Waals surface area contributed by atoms with Crippen LogP contribution in [0.5, 0.6) is 0 Å². The van der Waals surface area contributed by atoms with E-state index in [0.717, 1.165) is 38.5 Å². The molecule has 0 saturated heterocycles. The summed E-state index contributed by atoms with van der Waals surface area (Å²) < 4.78 is 43.1. The number of carbonyl (C=O) groups is 4. The quantitative estimate of drug-likeness (QED) is 0.0261. The van der Waals surface area contributed by atoms with Gasteiger partial charge in [-0.25, -0.2) is 4.79 Å². The van der Waals surface area contributed by atoms with Crippen molar-refractivity contribution in [3.63, 3.8) is 0 Å². The standard InChI is InChI=1S/C47H90NO13P.Na/c1-3-5-7-9-11-13-15-17-19-21-23-25-27-29-31-33-46(52)58-39-43(40-60-62(54,55)59-36-35-48-44(49)41-56-37-38-57-42-45(50)51)61-47(53)34-32-30-28-26-24-22-20-18-16-14-12-10-8-6-4-2;/h43H,3-42H2,1-2H3,(H,48,49)(H,50,51)(H,54,55);/q;+1/p-1. The Morgan fingerprint density at radius 3 is 1.32 bits per heavy atom. The summed E-state index contributed by atoms with van der Waals surface area (Å²) in [6.07, 6.45) is 35.6. The van der Waals surface area contributed by atoms with Crippen LogP contribution in [0.2, 0.25) is 0 Å². The van der Waals surface area contributed by atoms with Gasteiger partial charge in [0.25, 0.3) is 7.82 Å². The van der Waals surface area contributed by atoms with Crippen molar-refractivity contribution in [3.05, 3.63) is 0 Å². The number of esters is 2. The van der Waals surface area contributed by atoms with Gasteiger partial charge in [0.05, 0.1) is 26.4 Å². The number of carboxylic acids is 1. The summed E-state index contributed by atoms with van der Waals surface area (Å²) >= 11 is 0. The fourth-order valence-corrected chi connectivity index (χ4v) is 7.69. The van der Waals surface area contributed by atoms with Gasteiger partial charge in [0, 0.05) is 19.4 Å². The van der Waals surface area contributed by atoms with E-state index in [9.17, 15) is 28.6 Å². The van der Waals surface area contributed by atoms with Crippen molar-refractivity contribution in [1.29, 1.82) is 0 Å².